The molecule has 1 saturated heterocycles. The van der Waals surface area contributed by atoms with Crippen molar-refractivity contribution in [2.45, 2.75) is 6.10 Å². The Morgan fingerprint density at radius 3 is 2.88 bits per heavy atom. The molecule has 2 heterocycles. The standard InChI is InChI=1S/C16H21ClN2O5/c1-18(8-12(20)9-19-2-4-22-5-3-19)16(21)11-6-13(17)15-14(7-11)23-10-24-15/h6-7,12,20H,2-5,8-10H2,1H3. The molecule has 0 radical (unpaired) electrons. The number of rotatable bonds is 5. The summed E-state index contributed by atoms with van der Waals surface area (Å²) in [6.45, 7) is 3.80. The van der Waals surface area contributed by atoms with Gasteiger partial charge in [0, 0.05) is 38.8 Å². The molecular weight excluding hydrogens is 336 g/mol. The van der Waals surface area contributed by atoms with Gasteiger partial charge in [-0.1, -0.05) is 11.6 Å². The van der Waals surface area contributed by atoms with Gasteiger partial charge < -0.3 is 24.2 Å². The van der Waals surface area contributed by atoms with Crippen molar-refractivity contribution >= 4 is 17.5 Å². The number of carbonyl (C=O) groups is 1. The molecule has 1 amide bonds. The van der Waals surface area contributed by atoms with Crippen LogP contribution in [0.25, 0.3) is 0 Å². The molecule has 1 N–H and O–H groups in total. The molecule has 1 unspecified atom stereocenters. The number of halogens is 1. The molecule has 8 heteroatoms. The smallest absolute Gasteiger partial charge is 0.253 e. The minimum absolute atomic E-state index is 0.0980. The number of ether oxygens (including phenoxy) is 3. The second kappa shape index (κ2) is 7.57. The Balaban J connectivity index is 1.59. The normalized spacial score (nSPS) is 18.5. The fraction of sp³-hybridized carbons (Fsp3) is 0.562. The van der Waals surface area contributed by atoms with Crippen molar-refractivity contribution in [3.8, 4) is 11.5 Å². The second-order valence-corrected chi connectivity index (χ2v) is 6.35. The minimum Gasteiger partial charge on any atom is -0.454 e. The summed E-state index contributed by atoms with van der Waals surface area (Å²) in [6.07, 6.45) is -0.624. The molecule has 1 aromatic carbocycles. The molecule has 3 rings (SSSR count). The number of nitrogens with zero attached hydrogens (tertiary/aromatic N) is 2. The zero-order chi connectivity index (χ0) is 17.1. The number of fused-ring (bicyclic) bond motifs is 1. The first-order valence-corrected chi connectivity index (χ1v) is 8.25. The van der Waals surface area contributed by atoms with E-state index in [1.807, 2.05) is 0 Å². The van der Waals surface area contributed by atoms with Gasteiger partial charge in [0.05, 0.1) is 24.3 Å². The van der Waals surface area contributed by atoms with Gasteiger partial charge in [0.1, 0.15) is 0 Å². The Bertz CT molecular complexity index is 606. The van der Waals surface area contributed by atoms with E-state index in [0.717, 1.165) is 13.1 Å². The third-order valence-corrected chi connectivity index (χ3v) is 4.36. The van der Waals surface area contributed by atoms with Gasteiger partial charge in [0.2, 0.25) is 6.79 Å². The number of likely N-dealkylation sites (N-methyl/N-ethyl adjacent to an activating group) is 1. The summed E-state index contributed by atoms with van der Waals surface area (Å²) >= 11 is 6.11. The molecule has 7 nitrogen and oxygen atoms in total. The number of aliphatic hydroxyl groups excluding tert-OH is 1. The molecule has 132 valence electrons. The molecule has 2 aliphatic heterocycles. The molecular formula is C16H21ClN2O5. The topological polar surface area (TPSA) is 71.5 Å². The first kappa shape index (κ1) is 17.3. The van der Waals surface area contributed by atoms with E-state index in [1.165, 1.54) is 4.90 Å². The number of aliphatic hydroxyl groups is 1. The third kappa shape index (κ3) is 3.92. The van der Waals surface area contributed by atoms with E-state index >= 15 is 0 Å². The molecule has 0 spiro atoms. The first-order valence-electron chi connectivity index (χ1n) is 7.87. The molecule has 1 aromatic rings. The summed E-state index contributed by atoms with van der Waals surface area (Å²) in [4.78, 5) is 16.2. The number of hydrogen-bond acceptors (Lipinski definition) is 6. The highest BCUT2D eigenvalue weighted by Crippen LogP contribution is 2.39. The molecule has 2 aliphatic rings. The summed E-state index contributed by atoms with van der Waals surface area (Å²) in [6, 6.07) is 3.17. The quantitative estimate of drug-likeness (QED) is 0.842. The maximum absolute atomic E-state index is 12.6. The van der Waals surface area contributed by atoms with Gasteiger partial charge in [-0.3, -0.25) is 9.69 Å². The van der Waals surface area contributed by atoms with E-state index in [1.54, 1.807) is 19.2 Å². The average molecular weight is 357 g/mol. The highest BCUT2D eigenvalue weighted by molar-refractivity contribution is 6.32. The van der Waals surface area contributed by atoms with E-state index in [2.05, 4.69) is 4.90 Å². The monoisotopic (exact) mass is 356 g/mol. The van der Waals surface area contributed by atoms with Crippen molar-refractivity contribution in [1.29, 1.82) is 0 Å². The van der Waals surface area contributed by atoms with Crippen LogP contribution in [0.2, 0.25) is 5.02 Å². The fourth-order valence-corrected chi connectivity index (χ4v) is 3.12. The summed E-state index contributed by atoms with van der Waals surface area (Å²) in [5, 5.41) is 10.6. The highest BCUT2D eigenvalue weighted by Gasteiger charge is 2.23. The number of amides is 1. The van der Waals surface area contributed by atoms with Crippen molar-refractivity contribution in [3.63, 3.8) is 0 Å². The van der Waals surface area contributed by atoms with Gasteiger partial charge in [-0.05, 0) is 12.1 Å². The lowest BCUT2D eigenvalue weighted by Gasteiger charge is -2.30. The van der Waals surface area contributed by atoms with Crippen LogP contribution in [0.15, 0.2) is 12.1 Å². The van der Waals surface area contributed by atoms with E-state index in [9.17, 15) is 9.90 Å². The SMILES string of the molecule is CN(CC(O)CN1CCOCC1)C(=O)c1cc(Cl)c2c(c1)OCO2. The Kier molecular flexibility index (Phi) is 5.45. The lowest BCUT2D eigenvalue weighted by molar-refractivity contribution is 0.00879. The molecule has 0 aliphatic carbocycles. The number of benzene rings is 1. The molecule has 0 saturated carbocycles. The molecule has 0 bridgehead atoms. The summed E-state index contributed by atoms with van der Waals surface area (Å²) < 4.78 is 15.8. The Morgan fingerprint density at radius 2 is 2.12 bits per heavy atom. The maximum Gasteiger partial charge on any atom is 0.253 e. The van der Waals surface area contributed by atoms with Crippen LogP contribution < -0.4 is 9.47 Å². The molecule has 0 aromatic heterocycles. The number of hydrogen-bond donors (Lipinski definition) is 1. The predicted molar refractivity (Wildman–Crippen MR) is 87.8 cm³/mol. The first-order chi connectivity index (χ1) is 11.5. The van der Waals surface area contributed by atoms with Crippen LogP contribution >= 0.6 is 11.6 Å². The van der Waals surface area contributed by atoms with E-state index in [0.29, 0.717) is 41.8 Å². The van der Waals surface area contributed by atoms with Crippen LogP contribution in [-0.2, 0) is 4.74 Å². The number of β-amino-alcohol motifs (C(OH)–C–C–N with tert-alkyl or cyclic N) is 1. The zero-order valence-corrected chi connectivity index (χ0v) is 14.3. The Morgan fingerprint density at radius 1 is 1.38 bits per heavy atom. The lowest BCUT2D eigenvalue weighted by atomic mass is 10.1. The highest BCUT2D eigenvalue weighted by atomic mass is 35.5. The average Bonchev–Trinajstić information content (AvgIpc) is 3.04. The van der Waals surface area contributed by atoms with Crippen molar-refractivity contribution in [2.24, 2.45) is 0 Å². The fourth-order valence-electron chi connectivity index (χ4n) is 2.85. The number of carbonyl (C=O) groups excluding carboxylic acids is 1. The predicted octanol–water partition coefficient (Wildman–Crippen LogP) is 0.834. The second-order valence-electron chi connectivity index (χ2n) is 5.94. The van der Waals surface area contributed by atoms with Crippen LogP contribution in [0.1, 0.15) is 10.4 Å². The Labute approximate surface area is 145 Å². The molecule has 24 heavy (non-hydrogen) atoms. The Hall–Kier alpha value is -1.54. The van der Waals surface area contributed by atoms with Gasteiger partial charge in [0.15, 0.2) is 11.5 Å². The van der Waals surface area contributed by atoms with E-state index in [4.69, 9.17) is 25.8 Å². The van der Waals surface area contributed by atoms with Crippen LogP contribution in [0.3, 0.4) is 0 Å². The van der Waals surface area contributed by atoms with Crippen LogP contribution in [0, 0.1) is 0 Å². The van der Waals surface area contributed by atoms with E-state index < -0.39 is 6.10 Å². The van der Waals surface area contributed by atoms with Crippen LogP contribution in [-0.4, -0.2) is 80.2 Å². The maximum atomic E-state index is 12.6. The summed E-state index contributed by atoms with van der Waals surface area (Å²) in [5.41, 5.74) is 0.408. The number of morpholine rings is 1. The third-order valence-electron chi connectivity index (χ3n) is 4.08. The van der Waals surface area contributed by atoms with Gasteiger partial charge in [0.25, 0.3) is 5.91 Å². The van der Waals surface area contributed by atoms with Crippen molar-refractivity contribution in [1.82, 2.24) is 9.80 Å². The summed E-state index contributed by atoms with van der Waals surface area (Å²) in [5.74, 6) is 0.701. The minimum atomic E-state index is -0.624. The van der Waals surface area contributed by atoms with Crippen molar-refractivity contribution < 1.29 is 24.1 Å². The van der Waals surface area contributed by atoms with E-state index in [-0.39, 0.29) is 19.2 Å². The van der Waals surface area contributed by atoms with Gasteiger partial charge in [-0.25, -0.2) is 0 Å². The van der Waals surface area contributed by atoms with Gasteiger partial charge in [-0.15, -0.1) is 0 Å². The van der Waals surface area contributed by atoms with Crippen molar-refractivity contribution in [3.05, 3.63) is 22.7 Å². The van der Waals surface area contributed by atoms with Gasteiger partial charge >= 0.3 is 0 Å². The largest absolute Gasteiger partial charge is 0.454 e. The van der Waals surface area contributed by atoms with Crippen LogP contribution in [0.4, 0.5) is 0 Å². The van der Waals surface area contributed by atoms with Crippen LogP contribution in [0.5, 0.6) is 11.5 Å². The van der Waals surface area contributed by atoms with Gasteiger partial charge in [-0.2, -0.15) is 0 Å². The van der Waals surface area contributed by atoms with Crippen molar-refractivity contribution in [2.75, 3.05) is 53.2 Å². The summed E-state index contributed by atoms with van der Waals surface area (Å²) in [7, 11) is 1.66. The molecule has 1 atom stereocenters. The zero-order valence-electron chi connectivity index (χ0n) is 13.5. The lowest BCUT2D eigenvalue weighted by Crippen LogP contribution is -2.45. The molecule has 1 fully saturated rings.